The first-order valence-electron chi connectivity index (χ1n) is 8.99. The molecule has 2 N–H and O–H groups in total. The number of hydrogen-bond acceptors (Lipinski definition) is 3. The van der Waals surface area contributed by atoms with Crippen molar-refractivity contribution in [3.8, 4) is 0 Å². The average Bonchev–Trinajstić information content (AvgIpc) is 3.07. The Hall–Kier alpha value is -2.63. The maximum absolute atomic E-state index is 13.1. The first kappa shape index (κ1) is 16.8. The van der Waals surface area contributed by atoms with Crippen LogP contribution in [-0.4, -0.2) is 21.6 Å². The predicted octanol–water partition coefficient (Wildman–Crippen LogP) is 3.34. The molecule has 6 nitrogen and oxygen atoms in total. The molecule has 0 saturated carbocycles. The number of nitrogens with zero attached hydrogens (tertiary/aromatic N) is 2. The number of anilines is 2. The van der Waals surface area contributed by atoms with Gasteiger partial charge in [0.05, 0.1) is 11.7 Å². The van der Waals surface area contributed by atoms with Crippen LogP contribution in [0.3, 0.4) is 0 Å². The summed E-state index contributed by atoms with van der Waals surface area (Å²) in [5.41, 5.74) is 2.25. The number of nitrogens with one attached hydrogen (secondary N) is 2. The molecule has 1 spiro atoms. The minimum atomic E-state index is -1.01. The molecule has 1 atom stereocenters. The molecular weight excluding hydrogens is 328 g/mol. The molecule has 4 rings (SSSR count). The maximum atomic E-state index is 13.1. The van der Waals surface area contributed by atoms with Gasteiger partial charge < -0.3 is 10.6 Å². The Bertz CT molecular complexity index is 936. The molecule has 1 aromatic carbocycles. The average molecular weight is 352 g/mol. The fourth-order valence-corrected chi connectivity index (χ4v) is 3.98. The molecule has 0 radical (unpaired) electrons. The van der Waals surface area contributed by atoms with Gasteiger partial charge in [0.25, 0.3) is 0 Å². The van der Waals surface area contributed by atoms with E-state index in [2.05, 4.69) is 35.6 Å². The first-order chi connectivity index (χ1) is 12.1. The number of amides is 2. The van der Waals surface area contributed by atoms with Crippen molar-refractivity contribution >= 4 is 23.3 Å². The number of carbonyl (C=O) groups excluding carboxylic acids is 2. The standard InChI is InChI=1S/C20H24N4O2/c1-11(2)12-6-7-15-13(8-12)20(18(26)22-15)9-16(25)23-17-14(20)10-21-24(17)19(3,4)5/h6-8,10-11H,9H2,1-5H3,(H,22,26)(H,23,25)/t20-/m1/s1. The van der Waals surface area contributed by atoms with E-state index in [1.165, 1.54) is 0 Å². The highest BCUT2D eigenvalue weighted by Crippen LogP contribution is 2.50. The van der Waals surface area contributed by atoms with Crippen LogP contribution in [0.4, 0.5) is 11.5 Å². The van der Waals surface area contributed by atoms with Gasteiger partial charge in [-0.25, -0.2) is 4.68 Å². The summed E-state index contributed by atoms with van der Waals surface area (Å²) in [5.74, 6) is 0.633. The smallest absolute Gasteiger partial charge is 0.240 e. The molecule has 26 heavy (non-hydrogen) atoms. The Morgan fingerprint density at radius 1 is 1.15 bits per heavy atom. The highest BCUT2D eigenvalue weighted by molar-refractivity contribution is 6.14. The van der Waals surface area contributed by atoms with Crippen LogP contribution in [0.2, 0.25) is 0 Å². The molecular formula is C20H24N4O2. The van der Waals surface area contributed by atoms with E-state index in [1.54, 1.807) is 10.9 Å². The topological polar surface area (TPSA) is 76.0 Å². The SMILES string of the molecule is CC(C)c1ccc2c(c1)[C@@]1(CC(=O)Nc3c1cnn3C(C)(C)C)C(=O)N2. The van der Waals surface area contributed by atoms with E-state index in [-0.39, 0.29) is 23.8 Å². The number of rotatable bonds is 1. The summed E-state index contributed by atoms with van der Waals surface area (Å²) in [6.45, 7) is 10.3. The lowest BCUT2D eigenvalue weighted by Gasteiger charge is -2.33. The number of fused-ring (bicyclic) bond motifs is 4. The molecule has 1 aromatic heterocycles. The third kappa shape index (κ3) is 2.14. The Morgan fingerprint density at radius 2 is 1.88 bits per heavy atom. The second-order valence-electron chi connectivity index (χ2n) is 8.53. The molecule has 2 aromatic rings. The van der Waals surface area contributed by atoms with Gasteiger partial charge in [-0.05, 0) is 43.9 Å². The summed E-state index contributed by atoms with van der Waals surface area (Å²) in [4.78, 5) is 25.7. The third-order valence-corrected chi connectivity index (χ3v) is 5.35. The Balaban J connectivity index is 2.00. The number of aromatic nitrogens is 2. The molecule has 2 aliphatic rings. The van der Waals surface area contributed by atoms with Crippen LogP contribution >= 0.6 is 0 Å². The van der Waals surface area contributed by atoms with Crippen molar-refractivity contribution in [1.29, 1.82) is 0 Å². The monoisotopic (exact) mass is 352 g/mol. The number of carbonyl (C=O) groups is 2. The van der Waals surface area contributed by atoms with Gasteiger partial charge in [-0.2, -0.15) is 5.10 Å². The van der Waals surface area contributed by atoms with Gasteiger partial charge in [-0.1, -0.05) is 26.0 Å². The minimum absolute atomic E-state index is 0.0935. The predicted molar refractivity (Wildman–Crippen MR) is 100 cm³/mol. The molecule has 136 valence electrons. The third-order valence-electron chi connectivity index (χ3n) is 5.35. The molecule has 0 aliphatic carbocycles. The fourth-order valence-electron chi connectivity index (χ4n) is 3.98. The van der Waals surface area contributed by atoms with Crippen molar-refractivity contribution in [3.63, 3.8) is 0 Å². The molecule has 0 saturated heterocycles. The Morgan fingerprint density at radius 3 is 2.54 bits per heavy atom. The van der Waals surface area contributed by atoms with E-state index in [1.807, 2.05) is 32.9 Å². The Labute approximate surface area is 153 Å². The molecule has 2 amide bonds. The second-order valence-corrected chi connectivity index (χ2v) is 8.53. The van der Waals surface area contributed by atoms with Crippen molar-refractivity contribution in [3.05, 3.63) is 41.1 Å². The molecule has 3 heterocycles. The molecule has 6 heteroatoms. The summed E-state index contributed by atoms with van der Waals surface area (Å²) in [6, 6.07) is 6.04. The van der Waals surface area contributed by atoms with E-state index < -0.39 is 5.41 Å². The summed E-state index contributed by atoms with van der Waals surface area (Å²) < 4.78 is 1.79. The zero-order valence-corrected chi connectivity index (χ0v) is 15.8. The molecule has 2 aliphatic heterocycles. The minimum Gasteiger partial charge on any atom is -0.325 e. The second kappa shape index (κ2) is 5.19. The summed E-state index contributed by atoms with van der Waals surface area (Å²) >= 11 is 0. The normalized spacial score (nSPS) is 21.6. The van der Waals surface area contributed by atoms with Crippen LogP contribution in [0, 0.1) is 0 Å². The van der Waals surface area contributed by atoms with Crippen LogP contribution in [0.25, 0.3) is 0 Å². The van der Waals surface area contributed by atoms with Crippen LogP contribution < -0.4 is 10.6 Å². The van der Waals surface area contributed by atoms with Crippen LogP contribution in [-0.2, 0) is 20.5 Å². The molecule has 0 fully saturated rings. The largest absolute Gasteiger partial charge is 0.325 e. The van der Waals surface area contributed by atoms with Crippen LogP contribution in [0.5, 0.6) is 0 Å². The van der Waals surface area contributed by atoms with Crippen molar-refractivity contribution in [2.24, 2.45) is 0 Å². The van der Waals surface area contributed by atoms with Crippen molar-refractivity contribution < 1.29 is 9.59 Å². The van der Waals surface area contributed by atoms with Gasteiger partial charge in [-0.15, -0.1) is 0 Å². The van der Waals surface area contributed by atoms with Gasteiger partial charge in [0.15, 0.2) is 0 Å². The van der Waals surface area contributed by atoms with Crippen molar-refractivity contribution in [2.45, 2.75) is 57.9 Å². The van der Waals surface area contributed by atoms with Gasteiger partial charge in [0.1, 0.15) is 11.2 Å². The molecule has 0 unspecified atom stereocenters. The van der Waals surface area contributed by atoms with Gasteiger partial charge in [0, 0.05) is 17.7 Å². The zero-order valence-electron chi connectivity index (χ0n) is 15.8. The molecule has 0 bridgehead atoms. The van der Waals surface area contributed by atoms with Gasteiger partial charge in [0.2, 0.25) is 11.8 Å². The van der Waals surface area contributed by atoms with E-state index >= 15 is 0 Å². The quantitative estimate of drug-likeness (QED) is 0.826. The fraction of sp³-hybridized carbons (Fsp3) is 0.450. The summed E-state index contributed by atoms with van der Waals surface area (Å²) in [5, 5.41) is 10.4. The van der Waals surface area contributed by atoms with E-state index in [9.17, 15) is 9.59 Å². The van der Waals surface area contributed by atoms with E-state index in [0.717, 1.165) is 22.4 Å². The van der Waals surface area contributed by atoms with Gasteiger partial charge in [-0.3, -0.25) is 9.59 Å². The maximum Gasteiger partial charge on any atom is 0.240 e. The summed E-state index contributed by atoms with van der Waals surface area (Å²) in [6.07, 6.45) is 1.83. The Kier molecular flexibility index (Phi) is 3.36. The van der Waals surface area contributed by atoms with E-state index in [0.29, 0.717) is 11.7 Å². The zero-order chi connectivity index (χ0) is 18.9. The number of hydrogen-bond donors (Lipinski definition) is 2. The summed E-state index contributed by atoms with van der Waals surface area (Å²) in [7, 11) is 0. The lowest BCUT2D eigenvalue weighted by Crippen LogP contribution is -2.44. The number of benzene rings is 1. The van der Waals surface area contributed by atoms with Gasteiger partial charge >= 0.3 is 0 Å². The lowest BCUT2D eigenvalue weighted by molar-refractivity contribution is -0.125. The highest BCUT2D eigenvalue weighted by atomic mass is 16.2. The first-order valence-corrected chi connectivity index (χ1v) is 8.99. The van der Waals surface area contributed by atoms with Crippen molar-refractivity contribution in [1.82, 2.24) is 9.78 Å². The lowest BCUT2D eigenvalue weighted by atomic mass is 9.71. The van der Waals surface area contributed by atoms with E-state index in [4.69, 9.17) is 0 Å². The van der Waals surface area contributed by atoms with Crippen LogP contribution in [0.15, 0.2) is 24.4 Å². The van der Waals surface area contributed by atoms with Crippen LogP contribution in [0.1, 0.15) is 63.6 Å². The highest BCUT2D eigenvalue weighted by Gasteiger charge is 2.54. The van der Waals surface area contributed by atoms with Crippen molar-refractivity contribution in [2.75, 3.05) is 10.6 Å².